The third kappa shape index (κ3) is 4.28. The maximum atomic E-state index is 13.0. The van der Waals surface area contributed by atoms with Gasteiger partial charge in [0, 0.05) is 24.8 Å². The summed E-state index contributed by atoms with van der Waals surface area (Å²) in [6.07, 6.45) is -0.791. The number of amides is 1. The monoisotopic (exact) mass is 422 g/mol. The Kier molecular flexibility index (Phi) is 5.29. The van der Waals surface area contributed by atoms with E-state index in [0.29, 0.717) is 32.1 Å². The molecule has 0 aromatic heterocycles. The number of nitrogens with zero attached hydrogens (tertiary/aromatic N) is 1. The van der Waals surface area contributed by atoms with Crippen LogP contribution in [0.1, 0.15) is 0 Å². The van der Waals surface area contributed by atoms with Crippen LogP contribution in [0.2, 0.25) is 0 Å². The van der Waals surface area contributed by atoms with E-state index >= 15 is 0 Å². The molecule has 154 valence electrons. The number of morpholine rings is 1. The second-order valence-corrected chi connectivity index (χ2v) is 8.26. The highest BCUT2D eigenvalue weighted by Crippen LogP contribution is 2.34. The van der Waals surface area contributed by atoms with Gasteiger partial charge in [-0.05, 0) is 36.4 Å². The minimum absolute atomic E-state index is 0.0158. The molecule has 0 bridgehead atoms. The Bertz CT molecular complexity index is 1010. The summed E-state index contributed by atoms with van der Waals surface area (Å²) in [5.41, 5.74) is 0.234. The molecular weight excluding hydrogens is 403 g/mol. The number of anilines is 1. The van der Waals surface area contributed by atoms with E-state index in [2.05, 4.69) is 4.72 Å². The Morgan fingerprint density at radius 2 is 1.79 bits per heavy atom. The van der Waals surface area contributed by atoms with Gasteiger partial charge in [-0.1, -0.05) is 0 Å². The fourth-order valence-electron chi connectivity index (χ4n) is 3.06. The molecule has 0 spiro atoms. The van der Waals surface area contributed by atoms with Crippen LogP contribution >= 0.6 is 0 Å². The molecule has 2 heterocycles. The highest BCUT2D eigenvalue weighted by Gasteiger charge is 2.32. The quantitative estimate of drug-likeness (QED) is 0.805. The summed E-state index contributed by atoms with van der Waals surface area (Å²) in [5.74, 6) is -0.122. The molecule has 1 fully saturated rings. The van der Waals surface area contributed by atoms with Crippen LogP contribution in [0.4, 0.5) is 10.1 Å². The highest BCUT2D eigenvalue weighted by molar-refractivity contribution is 7.92. The van der Waals surface area contributed by atoms with Crippen molar-refractivity contribution in [3.8, 4) is 11.5 Å². The van der Waals surface area contributed by atoms with Crippen LogP contribution in [0.5, 0.6) is 11.5 Å². The summed E-state index contributed by atoms with van der Waals surface area (Å²) in [6.45, 7) is 1.95. The second-order valence-electron chi connectivity index (χ2n) is 6.58. The van der Waals surface area contributed by atoms with Gasteiger partial charge in [-0.2, -0.15) is 0 Å². The Morgan fingerprint density at radius 1 is 1.07 bits per heavy atom. The van der Waals surface area contributed by atoms with Gasteiger partial charge in [-0.15, -0.1) is 0 Å². The van der Waals surface area contributed by atoms with Crippen LogP contribution in [0, 0.1) is 5.82 Å². The molecular formula is C19H19FN2O6S. The lowest BCUT2D eigenvalue weighted by Gasteiger charge is -2.32. The molecule has 2 aromatic rings. The van der Waals surface area contributed by atoms with Crippen LogP contribution < -0.4 is 14.2 Å². The summed E-state index contributed by atoms with van der Waals surface area (Å²) in [4.78, 5) is 14.2. The molecule has 0 saturated carbocycles. The summed E-state index contributed by atoms with van der Waals surface area (Å²) in [6, 6.07) is 9.11. The van der Waals surface area contributed by atoms with E-state index in [1.807, 2.05) is 0 Å². The fraction of sp³-hybridized carbons (Fsp3) is 0.316. The SMILES string of the molecule is O=C([C@@H]1COc2cc(S(=O)(=O)Nc3ccc(F)cc3)ccc2O1)N1CCOCC1. The average Bonchev–Trinajstić information content (AvgIpc) is 2.74. The van der Waals surface area contributed by atoms with E-state index < -0.39 is 21.9 Å². The number of ether oxygens (including phenoxy) is 3. The van der Waals surface area contributed by atoms with Gasteiger partial charge < -0.3 is 19.1 Å². The number of hydrogen-bond acceptors (Lipinski definition) is 6. The van der Waals surface area contributed by atoms with Gasteiger partial charge in [0.05, 0.1) is 18.1 Å². The molecule has 2 aliphatic heterocycles. The number of halogens is 1. The number of carbonyl (C=O) groups is 1. The van der Waals surface area contributed by atoms with Crippen LogP contribution in [0.3, 0.4) is 0 Å². The lowest BCUT2D eigenvalue weighted by atomic mass is 10.2. The second kappa shape index (κ2) is 7.88. The number of carbonyl (C=O) groups excluding carboxylic acids is 1. The Hall–Kier alpha value is -2.85. The molecule has 0 radical (unpaired) electrons. The van der Waals surface area contributed by atoms with Crippen molar-refractivity contribution in [3.05, 3.63) is 48.3 Å². The van der Waals surface area contributed by atoms with Gasteiger partial charge in [-0.3, -0.25) is 9.52 Å². The van der Waals surface area contributed by atoms with Gasteiger partial charge in [-0.25, -0.2) is 12.8 Å². The van der Waals surface area contributed by atoms with Crippen LogP contribution in [-0.2, 0) is 19.6 Å². The molecule has 2 aromatic carbocycles. The fourth-order valence-corrected chi connectivity index (χ4v) is 4.13. The van der Waals surface area contributed by atoms with Crippen molar-refractivity contribution < 1.29 is 31.8 Å². The van der Waals surface area contributed by atoms with E-state index in [1.165, 1.54) is 30.3 Å². The van der Waals surface area contributed by atoms with Gasteiger partial charge in [0.2, 0.25) is 6.10 Å². The van der Waals surface area contributed by atoms with Crippen LogP contribution in [-0.4, -0.2) is 58.2 Å². The zero-order chi connectivity index (χ0) is 20.4. The van der Waals surface area contributed by atoms with Crippen molar-refractivity contribution in [2.24, 2.45) is 0 Å². The summed E-state index contributed by atoms with van der Waals surface area (Å²) in [5, 5.41) is 0. The predicted molar refractivity (Wildman–Crippen MR) is 101 cm³/mol. The van der Waals surface area contributed by atoms with Gasteiger partial charge in [0.1, 0.15) is 12.4 Å². The molecule has 2 aliphatic rings. The minimum atomic E-state index is -3.90. The molecule has 10 heteroatoms. The minimum Gasteiger partial charge on any atom is -0.485 e. The normalized spacial score (nSPS) is 18.9. The van der Waals surface area contributed by atoms with E-state index in [4.69, 9.17) is 14.2 Å². The number of rotatable bonds is 4. The zero-order valence-corrected chi connectivity index (χ0v) is 16.2. The third-order valence-corrected chi connectivity index (χ3v) is 5.96. The van der Waals surface area contributed by atoms with Crippen molar-refractivity contribution >= 4 is 21.6 Å². The smallest absolute Gasteiger partial charge is 0.267 e. The summed E-state index contributed by atoms with van der Waals surface area (Å²) >= 11 is 0. The van der Waals surface area contributed by atoms with E-state index in [9.17, 15) is 17.6 Å². The maximum Gasteiger partial charge on any atom is 0.267 e. The van der Waals surface area contributed by atoms with Crippen molar-refractivity contribution in [2.45, 2.75) is 11.0 Å². The molecule has 0 unspecified atom stereocenters. The molecule has 1 saturated heterocycles. The molecule has 1 atom stereocenters. The first-order valence-electron chi connectivity index (χ1n) is 9.01. The first-order valence-corrected chi connectivity index (χ1v) is 10.5. The molecule has 4 rings (SSSR count). The Balaban J connectivity index is 1.48. The number of sulfonamides is 1. The predicted octanol–water partition coefficient (Wildman–Crippen LogP) is 1.63. The van der Waals surface area contributed by atoms with Crippen LogP contribution in [0.15, 0.2) is 47.4 Å². The Labute approximate surface area is 167 Å². The van der Waals surface area contributed by atoms with Gasteiger partial charge in [0.25, 0.3) is 15.9 Å². The van der Waals surface area contributed by atoms with E-state index in [-0.39, 0.29) is 28.8 Å². The molecule has 29 heavy (non-hydrogen) atoms. The number of hydrogen-bond donors (Lipinski definition) is 1. The first kappa shape index (κ1) is 19.5. The summed E-state index contributed by atoms with van der Waals surface area (Å²) in [7, 11) is -3.90. The largest absolute Gasteiger partial charge is 0.485 e. The molecule has 0 aliphatic carbocycles. The van der Waals surface area contributed by atoms with Crippen molar-refractivity contribution in [1.29, 1.82) is 0 Å². The number of fused-ring (bicyclic) bond motifs is 1. The number of benzene rings is 2. The van der Waals surface area contributed by atoms with Gasteiger partial charge in [0.15, 0.2) is 11.5 Å². The van der Waals surface area contributed by atoms with E-state index in [1.54, 1.807) is 4.90 Å². The maximum absolute atomic E-state index is 13.0. The molecule has 8 nitrogen and oxygen atoms in total. The van der Waals surface area contributed by atoms with Crippen molar-refractivity contribution in [3.63, 3.8) is 0 Å². The topological polar surface area (TPSA) is 94.2 Å². The van der Waals surface area contributed by atoms with Crippen LogP contribution in [0.25, 0.3) is 0 Å². The zero-order valence-electron chi connectivity index (χ0n) is 15.3. The van der Waals surface area contributed by atoms with Crippen molar-refractivity contribution in [2.75, 3.05) is 37.6 Å². The highest BCUT2D eigenvalue weighted by atomic mass is 32.2. The van der Waals surface area contributed by atoms with Gasteiger partial charge >= 0.3 is 0 Å². The number of nitrogens with one attached hydrogen (secondary N) is 1. The standard InChI is InChI=1S/C19H19FN2O6S/c20-13-1-3-14(4-2-13)21-29(24,25)15-5-6-16-17(11-15)27-12-18(28-16)19(23)22-7-9-26-10-8-22/h1-6,11,18,21H,7-10,12H2/t18-/m0/s1. The molecule has 1 N–H and O–H groups in total. The Morgan fingerprint density at radius 3 is 2.52 bits per heavy atom. The van der Waals surface area contributed by atoms with Crippen molar-refractivity contribution in [1.82, 2.24) is 4.90 Å². The third-order valence-electron chi connectivity index (χ3n) is 4.58. The average molecular weight is 422 g/mol. The lowest BCUT2D eigenvalue weighted by Crippen LogP contribution is -2.50. The molecule has 1 amide bonds. The summed E-state index contributed by atoms with van der Waals surface area (Å²) < 4.78 is 57.1. The van der Waals surface area contributed by atoms with E-state index in [0.717, 1.165) is 12.1 Å². The first-order chi connectivity index (χ1) is 13.9. The lowest BCUT2D eigenvalue weighted by molar-refractivity contribution is -0.145.